The predicted molar refractivity (Wildman–Crippen MR) is 93.6 cm³/mol. The van der Waals surface area contributed by atoms with Gasteiger partial charge in [0, 0.05) is 24.5 Å². The molecule has 0 radical (unpaired) electrons. The molecule has 0 unspecified atom stereocenters. The Labute approximate surface area is 150 Å². The molecule has 2 rings (SSSR count). The van der Waals surface area contributed by atoms with Crippen molar-refractivity contribution in [2.24, 2.45) is 5.92 Å². The summed E-state index contributed by atoms with van der Waals surface area (Å²) in [5.74, 6) is 0.550. The number of piperidine rings is 1. The molecule has 0 spiro atoms. The van der Waals surface area contributed by atoms with E-state index in [0.717, 1.165) is 12.8 Å². The lowest BCUT2D eigenvalue weighted by atomic mass is 10.0. The Balaban J connectivity index is 1.97. The normalized spacial score (nSPS) is 19.9. The number of carbonyl (C=O) groups is 1. The lowest BCUT2D eigenvalue weighted by molar-refractivity contribution is 0.0176. The van der Waals surface area contributed by atoms with Crippen LogP contribution in [0.2, 0.25) is 5.15 Å². The average Bonchev–Trinajstić information content (AvgIpc) is 2.44. The lowest BCUT2D eigenvalue weighted by Gasteiger charge is -2.33. The summed E-state index contributed by atoms with van der Waals surface area (Å²) in [7, 11) is -1.33. The Morgan fingerprint density at radius 3 is 2.79 bits per heavy atom. The molecule has 0 aliphatic carbocycles. The first-order valence-electron chi connectivity index (χ1n) is 8.01. The van der Waals surface area contributed by atoms with Gasteiger partial charge in [-0.05, 0) is 52.5 Å². The van der Waals surface area contributed by atoms with Crippen LogP contribution in [-0.4, -0.2) is 49.6 Å². The lowest BCUT2D eigenvalue weighted by Crippen LogP contribution is -2.44. The molecule has 0 N–H and O–H groups in total. The van der Waals surface area contributed by atoms with Crippen molar-refractivity contribution in [3.8, 4) is 0 Å². The number of hydrogen-bond donors (Lipinski definition) is 0. The number of rotatable bonds is 3. The molecule has 1 aliphatic heterocycles. The van der Waals surface area contributed by atoms with Gasteiger partial charge >= 0.3 is 6.09 Å². The summed E-state index contributed by atoms with van der Waals surface area (Å²) in [6.45, 7) is 8.55. The summed E-state index contributed by atoms with van der Waals surface area (Å²) in [6.07, 6.45) is 1.48. The number of aryl methyl sites for hydroxylation is 1. The molecule has 1 aromatic rings. The summed E-state index contributed by atoms with van der Waals surface area (Å²) in [6, 6.07) is 1.63. The second-order valence-corrected chi connectivity index (χ2v) is 8.84. The van der Waals surface area contributed by atoms with E-state index >= 15 is 0 Å². The van der Waals surface area contributed by atoms with E-state index < -0.39 is 16.4 Å². The van der Waals surface area contributed by atoms with Gasteiger partial charge in [-0.2, -0.15) is 0 Å². The molecule has 0 saturated carbocycles. The minimum Gasteiger partial charge on any atom is -0.444 e. The fourth-order valence-electron chi connectivity index (χ4n) is 2.59. The van der Waals surface area contributed by atoms with Crippen LogP contribution in [0, 0.1) is 12.8 Å². The summed E-state index contributed by atoms with van der Waals surface area (Å²) in [4.78, 5) is 22.1. The molecule has 24 heavy (non-hydrogen) atoms. The zero-order valence-electron chi connectivity index (χ0n) is 14.5. The maximum atomic E-state index is 12.5. The van der Waals surface area contributed by atoms with Gasteiger partial charge in [-0.3, -0.25) is 4.21 Å². The van der Waals surface area contributed by atoms with Crippen LogP contribution in [0.3, 0.4) is 0 Å². The highest BCUT2D eigenvalue weighted by Gasteiger charge is 2.29. The molecule has 1 amide bonds. The fraction of sp³-hybridized carbons (Fsp3) is 0.688. The van der Waals surface area contributed by atoms with E-state index in [2.05, 4.69) is 9.97 Å². The standard InChI is InChI=1S/C16H24ClN3O3S/c1-11-8-13(17)19-14(18-11)24(22)10-12-6-5-7-20(9-12)15(21)23-16(2,3)4/h8,12H,5-7,9-10H2,1-4H3/t12-,24-/m1/s1. The van der Waals surface area contributed by atoms with Crippen molar-refractivity contribution in [1.82, 2.24) is 14.9 Å². The molecule has 8 heteroatoms. The van der Waals surface area contributed by atoms with Crippen molar-refractivity contribution in [1.29, 1.82) is 0 Å². The summed E-state index contributed by atoms with van der Waals surface area (Å²) in [5, 5.41) is 0.555. The van der Waals surface area contributed by atoms with E-state index in [1.165, 1.54) is 0 Å². The van der Waals surface area contributed by atoms with Crippen LogP contribution in [0.25, 0.3) is 0 Å². The van der Waals surface area contributed by atoms with Crippen LogP contribution in [-0.2, 0) is 15.5 Å². The third kappa shape index (κ3) is 5.70. The van der Waals surface area contributed by atoms with E-state index in [-0.39, 0.29) is 17.2 Å². The highest BCUT2D eigenvalue weighted by Crippen LogP contribution is 2.21. The van der Waals surface area contributed by atoms with Crippen LogP contribution in [0.15, 0.2) is 11.2 Å². The smallest absolute Gasteiger partial charge is 0.410 e. The molecule has 6 nitrogen and oxygen atoms in total. The summed E-state index contributed by atoms with van der Waals surface area (Å²) >= 11 is 5.91. The third-order valence-electron chi connectivity index (χ3n) is 3.56. The molecular weight excluding hydrogens is 350 g/mol. The van der Waals surface area contributed by atoms with Gasteiger partial charge in [0.15, 0.2) is 0 Å². The maximum absolute atomic E-state index is 12.5. The maximum Gasteiger partial charge on any atom is 0.410 e. The molecule has 1 aromatic heterocycles. The monoisotopic (exact) mass is 373 g/mol. The Hall–Kier alpha value is -1.21. The zero-order valence-corrected chi connectivity index (χ0v) is 16.1. The van der Waals surface area contributed by atoms with Crippen LogP contribution in [0.4, 0.5) is 4.79 Å². The zero-order chi connectivity index (χ0) is 17.9. The second kappa shape index (κ2) is 7.78. The van der Waals surface area contributed by atoms with E-state index in [0.29, 0.717) is 29.7 Å². The molecule has 2 heterocycles. The third-order valence-corrected chi connectivity index (χ3v) is 5.12. The minimum atomic E-state index is -1.33. The van der Waals surface area contributed by atoms with Crippen LogP contribution in [0.1, 0.15) is 39.3 Å². The van der Waals surface area contributed by atoms with Gasteiger partial charge in [-0.25, -0.2) is 14.8 Å². The Morgan fingerprint density at radius 1 is 1.46 bits per heavy atom. The van der Waals surface area contributed by atoms with E-state index in [1.807, 2.05) is 20.8 Å². The van der Waals surface area contributed by atoms with Crippen molar-refractivity contribution >= 4 is 28.5 Å². The Kier molecular flexibility index (Phi) is 6.20. The van der Waals surface area contributed by atoms with E-state index in [1.54, 1.807) is 17.9 Å². The van der Waals surface area contributed by atoms with Crippen molar-refractivity contribution in [2.45, 2.75) is 51.3 Å². The van der Waals surface area contributed by atoms with Gasteiger partial charge in [0.25, 0.3) is 0 Å². The van der Waals surface area contributed by atoms with Crippen LogP contribution < -0.4 is 0 Å². The average molecular weight is 374 g/mol. The number of nitrogens with zero attached hydrogens (tertiary/aromatic N) is 3. The van der Waals surface area contributed by atoms with Crippen molar-refractivity contribution in [3.05, 3.63) is 16.9 Å². The molecule has 134 valence electrons. The number of carbonyl (C=O) groups excluding carboxylic acids is 1. The number of aromatic nitrogens is 2. The topological polar surface area (TPSA) is 72.4 Å². The first-order chi connectivity index (χ1) is 11.1. The Bertz CT molecular complexity index is 613. The second-order valence-electron chi connectivity index (χ2n) is 7.06. The summed E-state index contributed by atoms with van der Waals surface area (Å²) in [5.41, 5.74) is 0.177. The van der Waals surface area contributed by atoms with Gasteiger partial charge in [-0.15, -0.1) is 0 Å². The fourth-order valence-corrected chi connectivity index (χ4v) is 4.17. The molecular formula is C16H24ClN3O3S. The van der Waals surface area contributed by atoms with E-state index in [9.17, 15) is 9.00 Å². The first-order valence-corrected chi connectivity index (χ1v) is 9.71. The van der Waals surface area contributed by atoms with Crippen molar-refractivity contribution in [2.75, 3.05) is 18.8 Å². The number of ether oxygens (including phenoxy) is 1. The molecule has 1 saturated heterocycles. The molecule has 1 fully saturated rings. The molecule has 0 bridgehead atoms. The van der Waals surface area contributed by atoms with Gasteiger partial charge in [-0.1, -0.05) is 11.6 Å². The highest BCUT2D eigenvalue weighted by atomic mass is 35.5. The quantitative estimate of drug-likeness (QED) is 0.601. The van der Waals surface area contributed by atoms with Gasteiger partial charge < -0.3 is 9.64 Å². The number of likely N-dealkylation sites (tertiary alicyclic amines) is 1. The van der Waals surface area contributed by atoms with Gasteiger partial charge in [0.1, 0.15) is 10.8 Å². The predicted octanol–water partition coefficient (Wildman–Crippen LogP) is 3.19. The minimum absolute atomic E-state index is 0.134. The van der Waals surface area contributed by atoms with Gasteiger partial charge in [0.2, 0.25) is 5.16 Å². The molecule has 2 atom stereocenters. The first kappa shape index (κ1) is 19.1. The van der Waals surface area contributed by atoms with Crippen LogP contribution >= 0.6 is 11.6 Å². The summed E-state index contributed by atoms with van der Waals surface area (Å²) < 4.78 is 17.9. The SMILES string of the molecule is Cc1cc(Cl)nc([S@](=O)C[C@@H]2CCCN(C(=O)OC(C)(C)C)C2)n1. The number of halogens is 1. The molecule has 1 aliphatic rings. The number of amides is 1. The highest BCUT2D eigenvalue weighted by molar-refractivity contribution is 7.84. The molecule has 0 aromatic carbocycles. The Morgan fingerprint density at radius 2 is 2.17 bits per heavy atom. The van der Waals surface area contributed by atoms with Crippen molar-refractivity contribution in [3.63, 3.8) is 0 Å². The van der Waals surface area contributed by atoms with Crippen molar-refractivity contribution < 1.29 is 13.7 Å². The van der Waals surface area contributed by atoms with Crippen LogP contribution in [0.5, 0.6) is 0 Å². The largest absolute Gasteiger partial charge is 0.444 e. The van der Waals surface area contributed by atoms with Gasteiger partial charge in [0.05, 0.1) is 10.8 Å². The number of hydrogen-bond acceptors (Lipinski definition) is 5. The van der Waals surface area contributed by atoms with E-state index in [4.69, 9.17) is 16.3 Å².